The molecule has 1 unspecified atom stereocenters. The Kier molecular flexibility index (Phi) is 5.13. The predicted octanol–water partition coefficient (Wildman–Crippen LogP) is 6.86. The third-order valence-corrected chi connectivity index (χ3v) is 5.94. The number of ether oxygens (including phenoxy) is 1. The van der Waals surface area contributed by atoms with Gasteiger partial charge in [0, 0.05) is 5.56 Å². The SMILES string of the molecule is COC(=O)c1ccc([C@H]2CC2c2ccc(-c3ccc(Cl)c(Cl)c3)c(F)c2)cc1. The summed E-state index contributed by atoms with van der Waals surface area (Å²) in [5.74, 6) is -0.00954. The first-order valence-electron chi connectivity index (χ1n) is 8.91. The van der Waals surface area contributed by atoms with Crippen LogP contribution in [0.1, 0.15) is 39.7 Å². The number of methoxy groups -OCH3 is 1. The van der Waals surface area contributed by atoms with Gasteiger partial charge in [-0.2, -0.15) is 0 Å². The molecule has 3 aromatic carbocycles. The Hall–Kier alpha value is -2.36. The molecule has 0 aromatic heterocycles. The lowest BCUT2D eigenvalue weighted by Crippen LogP contribution is -2.00. The molecule has 0 saturated heterocycles. The van der Waals surface area contributed by atoms with Crippen LogP contribution in [0, 0.1) is 5.82 Å². The second kappa shape index (κ2) is 7.57. The average Bonchev–Trinajstić information content (AvgIpc) is 3.50. The minimum atomic E-state index is -0.348. The number of esters is 1. The summed E-state index contributed by atoms with van der Waals surface area (Å²) in [6.45, 7) is 0. The molecule has 0 amide bonds. The maximum Gasteiger partial charge on any atom is 0.337 e. The van der Waals surface area contributed by atoms with Crippen LogP contribution in [-0.2, 0) is 4.74 Å². The van der Waals surface area contributed by atoms with E-state index in [1.807, 2.05) is 18.2 Å². The largest absolute Gasteiger partial charge is 0.465 e. The molecule has 5 heteroatoms. The first kappa shape index (κ1) is 19.0. The molecule has 1 fully saturated rings. The predicted molar refractivity (Wildman–Crippen MR) is 110 cm³/mol. The zero-order valence-corrected chi connectivity index (χ0v) is 16.6. The number of hydrogen-bond donors (Lipinski definition) is 0. The van der Waals surface area contributed by atoms with Crippen molar-refractivity contribution in [2.24, 2.45) is 0 Å². The average molecular weight is 415 g/mol. The van der Waals surface area contributed by atoms with Crippen molar-refractivity contribution in [3.05, 3.63) is 93.2 Å². The summed E-state index contributed by atoms with van der Waals surface area (Å²) in [5, 5.41) is 0.849. The fourth-order valence-electron chi connectivity index (χ4n) is 3.58. The van der Waals surface area contributed by atoms with Crippen molar-refractivity contribution in [2.45, 2.75) is 18.3 Å². The van der Waals surface area contributed by atoms with Crippen LogP contribution in [0.3, 0.4) is 0 Å². The highest BCUT2D eigenvalue weighted by molar-refractivity contribution is 6.42. The summed E-state index contributed by atoms with van der Waals surface area (Å²) < 4.78 is 19.5. The van der Waals surface area contributed by atoms with E-state index in [1.165, 1.54) is 7.11 Å². The van der Waals surface area contributed by atoms with Crippen molar-refractivity contribution in [1.82, 2.24) is 0 Å². The van der Waals surface area contributed by atoms with Gasteiger partial charge in [0.1, 0.15) is 5.82 Å². The molecule has 1 aliphatic carbocycles. The highest BCUT2D eigenvalue weighted by Gasteiger charge is 2.39. The summed E-state index contributed by atoms with van der Waals surface area (Å²) in [5.41, 5.74) is 3.85. The first-order valence-corrected chi connectivity index (χ1v) is 9.66. The lowest BCUT2D eigenvalue weighted by atomic mass is 9.99. The van der Waals surface area contributed by atoms with E-state index in [2.05, 4.69) is 0 Å². The van der Waals surface area contributed by atoms with Crippen LogP contribution in [0.5, 0.6) is 0 Å². The molecular formula is C23H17Cl2FO2. The highest BCUT2D eigenvalue weighted by atomic mass is 35.5. The van der Waals surface area contributed by atoms with E-state index in [9.17, 15) is 9.18 Å². The highest BCUT2D eigenvalue weighted by Crippen LogP contribution is 2.55. The molecule has 142 valence electrons. The molecule has 0 radical (unpaired) electrons. The molecule has 1 saturated carbocycles. The van der Waals surface area contributed by atoms with E-state index in [-0.39, 0.29) is 17.7 Å². The maximum absolute atomic E-state index is 14.7. The summed E-state index contributed by atoms with van der Waals surface area (Å²) in [6.07, 6.45) is 0.961. The lowest BCUT2D eigenvalue weighted by molar-refractivity contribution is 0.0600. The zero-order chi connectivity index (χ0) is 19.8. The van der Waals surface area contributed by atoms with Gasteiger partial charge in [-0.25, -0.2) is 9.18 Å². The fourth-order valence-corrected chi connectivity index (χ4v) is 3.87. The number of carbonyl (C=O) groups excluding carboxylic acids is 1. The van der Waals surface area contributed by atoms with Crippen LogP contribution < -0.4 is 0 Å². The minimum absolute atomic E-state index is 0.275. The molecule has 0 heterocycles. The monoisotopic (exact) mass is 414 g/mol. The zero-order valence-electron chi connectivity index (χ0n) is 15.1. The number of halogens is 3. The van der Waals surface area contributed by atoms with Gasteiger partial charge in [0.25, 0.3) is 0 Å². The van der Waals surface area contributed by atoms with Crippen LogP contribution in [0.25, 0.3) is 11.1 Å². The first-order chi connectivity index (χ1) is 13.5. The van der Waals surface area contributed by atoms with Gasteiger partial charge in [0.2, 0.25) is 0 Å². The molecule has 0 bridgehead atoms. The molecule has 2 nitrogen and oxygen atoms in total. The van der Waals surface area contributed by atoms with Gasteiger partial charge in [-0.3, -0.25) is 0 Å². The Morgan fingerprint density at radius 3 is 2.25 bits per heavy atom. The number of rotatable bonds is 4. The van der Waals surface area contributed by atoms with E-state index < -0.39 is 0 Å². The maximum atomic E-state index is 14.7. The molecule has 0 aliphatic heterocycles. The fraction of sp³-hybridized carbons (Fsp3) is 0.174. The van der Waals surface area contributed by atoms with Crippen molar-refractivity contribution >= 4 is 29.2 Å². The molecule has 2 atom stereocenters. The van der Waals surface area contributed by atoms with Crippen LogP contribution >= 0.6 is 23.2 Å². The number of hydrogen-bond acceptors (Lipinski definition) is 2. The van der Waals surface area contributed by atoms with Gasteiger partial charge in [0.05, 0.1) is 22.7 Å². The molecule has 4 rings (SSSR count). The lowest BCUT2D eigenvalue weighted by Gasteiger charge is -2.08. The van der Waals surface area contributed by atoms with Crippen LogP contribution in [0.2, 0.25) is 10.0 Å². The molecular weight excluding hydrogens is 398 g/mol. The minimum Gasteiger partial charge on any atom is -0.465 e. The van der Waals surface area contributed by atoms with Crippen molar-refractivity contribution in [2.75, 3.05) is 7.11 Å². The summed E-state index contributed by atoms with van der Waals surface area (Å²) >= 11 is 12.0. The molecule has 0 N–H and O–H groups in total. The third-order valence-electron chi connectivity index (χ3n) is 5.20. The molecule has 0 spiro atoms. The summed E-state index contributed by atoms with van der Waals surface area (Å²) in [6, 6.07) is 17.9. The number of carbonyl (C=O) groups is 1. The molecule has 1 aliphatic rings. The van der Waals surface area contributed by atoms with Crippen LogP contribution in [0.4, 0.5) is 4.39 Å². The molecule has 3 aromatic rings. The Morgan fingerprint density at radius 2 is 1.61 bits per heavy atom. The standard InChI is InChI=1S/C23H17Cl2FO2/c1-28-23(27)14-4-2-13(3-5-14)18-12-19(18)16-6-8-17(22(26)11-16)15-7-9-20(24)21(25)10-15/h2-11,18-19H,12H2,1H3/t18-,19?/m1/s1. The normalized spacial score (nSPS) is 18.0. The second-order valence-corrected chi connectivity index (χ2v) is 7.74. The van der Waals surface area contributed by atoms with E-state index in [0.29, 0.717) is 32.7 Å². The Morgan fingerprint density at radius 1 is 0.929 bits per heavy atom. The van der Waals surface area contributed by atoms with Crippen LogP contribution in [-0.4, -0.2) is 13.1 Å². The van der Waals surface area contributed by atoms with E-state index in [4.69, 9.17) is 27.9 Å². The van der Waals surface area contributed by atoms with Gasteiger partial charge < -0.3 is 4.74 Å². The van der Waals surface area contributed by atoms with Crippen molar-refractivity contribution in [3.63, 3.8) is 0 Å². The smallest absolute Gasteiger partial charge is 0.337 e. The van der Waals surface area contributed by atoms with Gasteiger partial charge in [-0.15, -0.1) is 0 Å². The van der Waals surface area contributed by atoms with E-state index >= 15 is 0 Å². The van der Waals surface area contributed by atoms with Crippen molar-refractivity contribution in [3.8, 4) is 11.1 Å². The van der Waals surface area contributed by atoms with Gasteiger partial charge in [0.15, 0.2) is 0 Å². The Bertz CT molecular complexity index is 1050. The van der Waals surface area contributed by atoms with Gasteiger partial charge in [-0.05, 0) is 65.3 Å². The van der Waals surface area contributed by atoms with Crippen LogP contribution in [0.15, 0.2) is 60.7 Å². The third kappa shape index (κ3) is 3.65. The quantitative estimate of drug-likeness (QED) is 0.435. The topological polar surface area (TPSA) is 26.3 Å². The van der Waals surface area contributed by atoms with Gasteiger partial charge >= 0.3 is 5.97 Å². The Balaban J connectivity index is 1.53. The van der Waals surface area contributed by atoms with Gasteiger partial charge in [-0.1, -0.05) is 53.5 Å². The molecule has 28 heavy (non-hydrogen) atoms. The van der Waals surface area contributed by atoms with E-state index in [0.717, 1.165) is 17.5 Å². The summed E-state index contributed by atoms with van der Waals surface area (Å²) in [4.78, 5) is 11.5. The Labute approximate surface area is 172 Å². The summed E-state index contributed by atoms with van der Waals surface area (Å²) in [7, 11) is 1.36. The number of benzene rings is 3. The van der Waals surface area contributed by atoms with E-state index in [1.54, 1.807) is 42.5 Å². The van der Waals surface area contributed by atoms with Crippen molar-refractivity contribution < 1.29 is 13.9 Å². The van der Waals surface area contributed by atoms with Crippen molar-refractivity contribution in [1.29, 1.82) is 0 Å². The second-order valence-electron chi connectivity index (χ2n) is 6.93.